The second kappa shape index (κ2) is 6.79. The Balaban J connectivity index is 1.52. The van der Waals surface area contributed by atoms with Crippen LogP contribution in [-0.2, 0) is 19.0 Å². The summed E-state index contributed by atoms with van der Waals surface area (Å²) in [6, 6.07) is 6.91. The Morgan fingerprint density at radius 1 is 1.25 bits per heavy atom. The Hall–Kier alpha value is -3.14. The summed E-state index contributed by atoms with van der Waals surface area (Å²) >= 11 is 0. The molecule has 7 nitrogen and oxygen atoms in total. The Labute approximate surface area is 157 Å². The van der Waals surface area contributed by atoms with Gasteiger partial charge in [-0.25, -0.2) is 4.68 Å². The van der Waals surface area contributed by atoms with Crippen LogP contribution in [0.3, 0.4) is 0 Å². The molecule has 1 atom stereocenters. The number of fused-ring (bicyclic) bond motifs is 1. The normalized spacial score (nSPS) is 16.6. The predicted octanol–water partition coefficient (Wildman–Crippen LogP) is 2.68. The van der Waals surface area contributed by atoms with Crippen molar-refractivity contribution in [2.45, 2.75) is 31.5 Å². The highest BCUT2D eigenvalue weighted by Crippen LogP contribution is 2.30. The SMILES string of the molecule is NC1CCc2c(C(=O)Nc3ccc(-n4nccc4C(F)(F)F)cc3)n[nH]c2C1. The average molecular weight is 390 g/mol. The molecule has 1 unspecified atom stereocenters. The van der Waals surface area contributed by atoms with Crippen LogP contribution in [0.1, 0.15) is 33.9 Å². The minimum atomic E-state index is -4.51. The quantitative estimate of drug-likeness (QED) is 0.640. The van der Waals surface area contributed by atoms with Crippen molar-refractivity contribution in [3.8, 4) is 5.69 Å². The van der Waals surface area contributed by atoms with Gasteiger partial charge in [0.1, 0.15) is 5.69 Å². The molecular formula is C18H17F3N6O. The van der Waals surface area contributed by atoms with Crippen LogP contribution in [0.5, 0.6) is 0 Å². The number of alkyl halides is 3. The van der Waals surface area contributed by atoms with Gasteiger partial charge in [-0.2, -0.15) is 23.4 Å². The van der Waals surface area contributed by atoms with Gasteiger partial charge in [-0.15, -0.1) is 0 Å². The summed E-state index contributed by atoms with van der Waals surface area (Å²) in [5, 5.41) is 13.4. The number of hydrogen-bond acceptors (Lipinski definition) is 4. The van der Waals surface area contributed by atoms with Gasteiger partial charge < -0.3 is 11.1 Å². The Morgan fingerprint density at radius 3 is 2.71 bits per heavy atom. The number of amides is 1. The lowest BCUT2D eigenvalue weighted by Gasteiger charge is -2.17. The highest BCUT2D eigenvalue weighted by atomic mass is 19.4. The van der Waals surface area contributed by atoms with Crippen molar-refractivity contribution < 1.29 is 18.0 Å². The van der Waals surface area contributed by atoms with Gasteiger partial charge in [-0.1, -0.05) is 0 Å². The predicted molar refractivity (Wildman–Crippen MR) is 95.1 cm³/mol. The minimum Gasteiger partial charge on any atom is -0.327 e. The Morgan fingerprint density at radius 2 is 2.00 bits per heavy atom. The number of nitrogens with one attached hydrogen (secondary N) is 2. The monoisotopic (exact) mass is 390 g/mol. The number of rotatable bonds is 3. The number of hydrogen-bond donors (Lipinski definition) is 3. The van der Waals surface area contributed by atoms with Crippen molar-refractivity contribution in [3.05, 3.63) is 59.2 Å². The number of H-pyrrole nitrogens is 1. The molecule has 3 aromatic rings. The maximum atomic E-state index is 13.0. The fraction of sp³-hybridized carbons (Fsp3) is 0.278. The molecule has 146 valence electrons. The van der Waals surface area contributed by atoms with E-state index in [1.54, 1.807) is 0 Å². The molecule has 0 fully saturated rings. The number of benzene rings is 1. The van der Waals surface area contributed by atoms with Crippen molar-refractivity contribution >= 4 is 11.6 Å². The van der Waals surface area contributed by atoms with Gasteiger partial charge in [0.05, 0.1) is 11.9 Å². The molecule has 1 aromatic carbocycles. The summed E-state index contributed by atoms with van der Waals surface area (Å²) in [4.78, 5) is 12.5. The summed E-state index contributed by atoms with van der Waals surface area (Å²) < 4.78 is 39.8. The Bertz CT molecular complexity index is 1010. The van der Waals surface area contributed by atoms with Crippen LogP contribution in [0.25, 0.3) is 5.69 Å². The number of nitrogens with zero attached hydrogens (tertiary/aromatic N) is 3. The number of nitrogens with two attached hydrogens (primary N) is 1. The molecule has 2 heterocycles. The van der Waals surface area contributed by atoms with E-state index in [1.807, 2.05) is 0 Å². The first-order valence-electron chi connectivity index (χ1n) is 8.67. The van der Waals surface area contributed by atoms with Gasteiger partial charge in [0, 0.05) is 29.4 Å². The third kappa shape index (κ3) is 3.38. The standard InChI is InChI=1S/C18H17F3N6O/c19-18(20,21)15-7-8-23-27(15)12-4-2-11(3-5-12)24-17(28)16-13-6-1-10(22)9-14(13)25-26-16/h2-5,7-8,10H,1,6,9,22H2,(H,24,28)(H,25,26). The van der Waals surface area contributed by atoms with Crippen molar-refractivity contribution in [1.29, 1.82) is 0 Å². The van der Waals surface area contributed by atoms with Crippen molar-refractivity contribution in [1.82, 2.24) is 20.0 Å². The second-order valence-corrected chi connectivity index (χ2v) is 6.66. The fourth-order valence-electron chi connectivity index (χ4n) is 3.32. The van der Waals surface area contributed by atoms with Crippen LogP contribution >= 0.6 is 0 Å². The lowest BCUT2D eigenvalue weighted by atomic mass is 9.92. The number of carbonyl (C=O) groups excluding carboxylic acids is 1. The van der Waals surface area contributed by atoms with E-state index in [9.17, 15) is 18.0 Å². The van der Waals surface area contributed by atoms with Crippen LogP contribution in [0.2, 0.25) is 0 Å². The molecule has 1 aliphatic carbocycles. The van der Waals surface area contributed by atoms with E-state index in [2.05, 4.69) is 20.6 Å². The first-order valence-corrected chi connectivity index (χ1v) is 8.67. The van der Waals surface area contributed by atoms with Gasteiger partial charge in [0.2, 0.25) is 0 Å². The van der Waals surface area contributed by atoms with Crippen LogP contribution in [0, 0.1) is 0 Å². The van der Waals surface area contributed by atoms with Crippen LogP contribution in [0.15, 0.2) is 36.5 Å². The van der Waals surface area contributed by atoms with Gasteiger partial charge in [-0.05, 0) is 43.2 Å². The fourth-order valence-corrected chi connectivity index (χ4v) is 3.32. The summed E-state index contributed by atoms with van der Waals surface area (Å²) in [6.07, 6.45) is -1.31. The highest BCUT2D eigenvalue weighted by Gasteiger charge is 2.35. The zero-order valence-electron chi connectivity index (χ0n) is 14.6. The summed E-state index contributed by atoms with van der Waals surface area (Å²) in [5.74, 6) is -0.379. The molecule has 1 amide bonds. The van der Waals surface area contributed by atoms with Gasteiger partial charge in [-0.3, -0.25) is 9.89 Å². The maximum Gasteiger partial charge on any atom is 0.433 e. The first kappa shape index (κ1) is 18.2. The molecule has 28 heavy (non-hydrogen) atoms. The molecule has 10 heteroatoms. The zero-order valence-corrected chi connectivity index (χ0v) is 14.6. The molecular weight excluding hydrogens is 373 g/mol. The smallest absolute Gasteiger partial charge is 0.327 e. The summed E-state index contributed by atoms with van der Waals surface area (Å²) in [5.41, 5.74) is 7.79. The van der Waals surface area contributed by atoms with Crippen molar-refractivity contribution in [3.63, 3.8) is 0 Å². The summed E-state index contributed by atoms with van der Waals surface area (Å²) in [6.45, 7) is 0. The van der Waals surface area contributed by atoms with E-state index in [0.717, 1.165) is 34.6 Å². The van der Waals surface area contributed by atoms with Crippen LogP contribution in [0.4, 0.5) is 18.9 Å². The molecule has 0 radical (unpaired) electrons. The number of halogens is 3. The molecule has 0 saturated carbocycles. The van der Waals surface area contributed by atoms with E-state index < -0.39 is 11.9 Å². The lowest BCUT2D eigenvalue weighted by Crippen LogP contribution is -2.28. The third-order valence-electron chi connectivity index (χ3n) is 4.70. The number of carbonyl (C=O) groups is 1. The van der Waals surface area contributed by atoms with Gasteiger partial charge >= 0.3 is 6.18 Å². The molecule has 2 aromatic heterocycles. The largest absolute Gasteiger partial charge is 0.433 e. The Kier molecular flexibility index (Phi) is 4.42. The van der Waals surface area contributed by atoms with E-state index in [4.69, 9.17) is 5.73 Å². The second-order valence-electron chi connectivity index (χ2n) is 6.66. The van der Waals surface area contributed by atoms with Crippen LogP contribution < -0.4 is 11.1 Å². The highest BCUT2D eigenvalue weighted by molar-refractivity contribution is 6.04. The number of aromatic amines is 1. The van der Waals surface area contributed by atoms with Crippen LogP contribution in [-0.4, -0.2) is 31.9 Å². The number of aromatic nitrogens is 4. The third-order valence-corrected chi connectivity index (χ3v) is 4.70. The average Bonchev–Trinajstić information content (AvgIpc) is 3.28. The molecule has 0 saturated heterocycles. The topological polar surface area (TPSA) is 102 Å². The molecule has 4 N–H and O–H groups in total. The summed E-state index contributed by atoms with van der Waals surface area (Å²) in [7, 11) is 0. The molecule has 0 bridgehead atoms. The molecule has 1 aliphatic rings. The van der Waals surface area contributed by atoms with E-state index in [1.165, 1.54) is 24.3 Å². The lowest BCUT2D eigenvalue weighted by molar-refractivity contribution is -0.142. The van der Waals surface area contributed by atoms with Crippen molar-refractivity contribution in [2.75, 3.05) is 5.32 Å². The molecule has 0 spiro atoms. The first-order chi connectivity index (χ1) is 13.3. The molecule has 0 aliphatic heterocycles. The van der Waals surface area contributed by atoms with Gasteiger partial charge in [0.15, 0.2) is 5.69 Å². The number of anilines is 1. The van der Waals surface area contributed by atoms with E-state index >= 15 is 0 Å². The van der Waals surface area contributed by atoms with Crippen molar-refractivity contribution in [2.24, 2.45) is 5.73 Å². The zero-order chi connectivity index (χ0) is 19.9. The minimum absolute atomic E-state index is 0.0558. The van der Waals surface area contributed by atoms with E-state index in [-0.39, 0.29) is 17.6 Å². The van der Waals surface area contributed by atoms with E-state index in [0.29, 0.717) is 24.2 Å². The molecule has 4 rings (SSSR count). The van der Waals surface area contributed by atoms with Gasteiger partial charge in [0.25, 0.3) is 5.91 Å². The maximum absolute atomic E-state index is 13.0.